The van der Waals surface area contributed by atoms with Gasteiger partial charge in [-0.25, -0.2) is 0 Å². The van der Waals surface area contributed by atoms with Crippen LogP contribution >= 0.6 is 0 Å². The second-order valence-electron chi connectivity index (χ2n) is 5.10. The Balaban J connectivity index is 2.27. The molecule has 1 heterocycles. The van der Waals surface area contributed by atoms with Crippen LogP contribution in [-0.2, 0) is 11.2 Å². The van der Waals surface area contributed by atoms with Gasteiger partial charge in [-0.15, -0.1) is 0 Å². The van der Waals surface area contributed by atoms with Crippen molar-refractivity contribution in [2.24, 2.45) is 5.92 Å². The number of benzene rings is 1. The van der Waals surface area contributed by atoms with Gasteiger partial charge in [-0.3, -0.25) is 4.79 Å². The van der Waals surface area contributed by atoms with E-state index in [-0.39, 0.29) is 12.2 Å². The van der Waals surface area contributed by atoms with Crippen molar-refractivity contribution in [3.8, 4) is 11.8 Å². The van der Waals surface area contributed by atoms with Crippen molar-refractivity contribution in [1.82, 2.24) is 5.32 Å². The lowest BCUT2D eigenvalue weighted by Crippen LogP contribution is -2.52. The lowest BCUT2D eigenvalue weighted by atomic mass is 9.89. The fourth-order valence-corrected chi connectivity index (χ4v) is 2.38. The summed E-state index contributed by atoms with van der Waals surface area (Å²) in [6.07, 6.45) is -6.63. The fourth-order valence-electron chi connectivity index (χ4n) is 2.38. The molecule has 1 aromatic rings. The minimum atomic E-state index is -4.66. The molecule has 1 amide bonds. The van der Waals surface area contributed by atoms with Gasteiger partial charge in [0.1, 0.15) is 11.8 Å². The van der Waals surface area contributed by atoms with Crippen LogP contribution in [0.4, 0.5) is 13.2 Å². The molecule has 0 bridgehead atoms. The maximum absolute atomic E-state index is 13.2. The number of hydrogen-bond acceptors (Lipinski definition) is 3. The molecule has 1 aliphatic rings. The quantitative estimate of drug-likeness (QED) is 0.933. The van der Waals surface area contributed by atoms with Crippen LogP contribution in [0.2, 0.25) is 0 Å². The Hall–Kier alpha value is -2.23. The summed E-state index contributed by atoms with van der Waals surface area (Å²) in [5.41, 5.74) is 0.549. The Morgan fingerprint density at radius 3 is 2.77 bits per heavy atom. The second kappa shape index (κ2) is 6.26. The number of nitriles is 1. The lowest BCUT2D eigenvalue weighted by Gasteiger charge is -2.34. The molecule has 0 saturated heterocycles. The van der Waals surface area contributed by atoms with E-state index >= 15 is 0 Å². The Labute approximate surface area is 125 Å². The number of ether oxygens (including phenoxy) is 1. The smallest absolute Gasteiger partial charge is 0.426 e. The molecular formula is C15H15F3N2O2. The number of rotatable bonds is 3. The van der Waals surface area contributed by atoms with Crippen molar-refractivity contribution < 1.29 is 22.7 Å². The first-order valence-electron chi connectivity index (χ1n) is 6.88. The molecule has 7 heteroatoms. The summed E-state index contributed by atoms with van der Waals surface area (Å²) in [7, 11) is 0. The van der Waals surface area contributed by atoms with Crippen LogP contribution in [0.3, 0.4) is 0 Å². The van der Waals surface area contributed by atoms with Gasteiger partial charge in [-0.05, 0) is 24.5 Å². The van der Waals surface area contributed by atoms with E-state index < -0.39 is 30.1 Å². The highest BCUT2D eigenvalue weighted by atomic mass is 19.4. The largest absolute Gasteiger partial charge is 0.480 e. The van der Waals surface area contributed by atoms with Gasteiger partial charge in [-0.1, -0.05) is 25.1 Å². The molecule has 0 radical (unpaired) electrons. The van der Waals surface area contributed by atoms with Crippen LogP contribution in [0.5, 0.6) is 5.75 Å². The molecule has 0 saturated carbocycles. The predicted octanol–water partition coefficient (Wildman–Crippen LogP) is 2.59. The molecule has 1 aromatic carbocycles. The summed E-state index contributed by atoms with van der Waals surface area (Å²) >= 11 is 0. The van der Waals surface area contributed by atoms with Crippen LogP contribution in [-0.4, -0.2) is 24.2 Å². The monoisotopic (exact) mass is 312 g/mol. The number of carbonyl (C=O) groups is 1. The Kier molecular flexibility index (Phi) is 4.59. The van der Waals surface area contributed by atoms with Gasteiger partial charge in [-0.2, -0.15) is 18.4 Å². The van der Waals surface area contributed by atoms with Gasteiger partial charge in [0.2, 0.25) is 12.0 Å². The standard InChI is InChI=1S/C15H15F3N2O2/c1-2-10(8-19)20-14(21)11-7-9-5-3-4-6-12(9)22-13(11)15(16,17)18/h3-6,10-11,13H,2,7H2,1H3,(H,20,21)/t10?,11-,13-/m1/s1. The third kappa shape index (κ3) is 3.32. The average molecular weight is 312 g/mol. The zero-order valence-corrected chi connectivity index (χ0v) is 11.9. The van der Waals surface area contributed by atoms with Crippen molar-refractivity contribution in [1.29, 1.82) is 5.26 Å². The summed E-state index contributed by atoms with van der Waals surface area (Å²) < 4.78 is 44.5. The third-order valence-electron chi connectivity index (χ3n) is 3.57. The molecule has 4 nitrogen and oxygen atoms in total. The van der Waals surface area contributed by atoms with Gasteiger partial charge in [0.25, 0.3) is 0 Å². The number of nitrogens with zero attached hydrogens (tertiary/aromatic N) is 1. The summed E-state index contributed by atoms with van der Waals surface area (Å²) in [6.45, 7) is 1.67. The molecule has 0 aromatic heterocycles. The maximum atomic E-state index is 13.2. The SMILES string of the molecule is CCC(C#N)NC(=O)[C@@H]1Cc2ccccc2O[C@H]1C(F)(F)F. The van der Waals surface area contributed by atoms with Crippen molar-refractivity contribution in [3.63, 3.8) is 0 Å². The van der Waals surface area contributed by atoms with Crippen molar-refractivity contribution in [2.75, 3.05) is 0 Å². The number of alkyl halides is 3. The number of amides is 1. The van der Waals surface area contributed by atoms with Crippen molar-refractivity contribution in [3.05, 3.63) is 29.8 Å². The summed E-state index contributed by atoms with van der Waals surface area (Å²) in [5.74, 6) is -2.08. The minimum Gasteiger partial charge on any atom is -0.480 e. The minimum absolute atomic E-state index is 0.0754. The average Bonchev–Trinajstić information content (AvgIpc) is 2.50. The van der Waals surface area contributed by atoms with Crippen LogP contribution in [0.25, 0.3) is 0 Å². The highest BCUT2D eigenvalue weighted by Crippen LogP contribution is 2.38. The van der Waals surface area contributed by atoms with E-state index in [0.717, 1.165) is 0 Å². The molecule has 0 spiro atoms. The predicted molar refractivity (Wildman–Crippen MR) is 71.9 cm³/mol. The van der Waals surface area contributed by atoms with Gasteiger partial charge in [0, 0.05) is 0 Å². The van der Waals surface area contributed by atoms with Crippen LogP contribution < -0.4 is 10.1 Å². The van der Waals surface area contributed by atoms with E-state index in [4.69, 9.17) is 10.00 Å². The number of hydrogen-bond donors (Lipinski definition) is 1. The van der Waals surface area contributed by atoms with Crippen LogP contribution in [0, 0.1) is 17.2 Å². The molecule has 1 unspecified atom stereocenters. The topological polar surface area (TPSA) is 62.1 Å². The van der Waals surface area contributed by atoms with E-state index in [1.54, 1.807) is 25.1 Å². The zero-order chi connectivity index (χ0) is 16.3. The first kappa shape index (κ1) is 16.1. The van der Waals surface area contributed by atoms with Crippen molar-refractivity contribution in [2.45, 2.75) is 38.1 Å². The lowest BCUT2D eigenvalue weighted by molar-refractivity contribution is -0.213. The Morgan fingerprint density at radius 2 is 2.18 bits per heavy atom. The third-order valence-corrected chi connectivity index (χ3v) is 3.57. The zero-order valence-electron chi connectivity index (χ0n) is 11.9. The van der Waals surface area contributed by atoms with Gasteiger partial charge < -0.3 is 10.1 Å². The maximum Gasteiger partial charge on any atom is 0.426 e. The molecule has 2 rings (SSSR count). The van der Waals surface area contributed by atoms with E-state index in [2.05, 4.69) is 5.32 Å². The molecule has 22 heavy (non-hydrogen) atoms. The van der Waals surface area contributed by atoms with Gasteiger partial charge in [0.15, 0.2) is 0 Å². The van der Waals surface area contributed by atoms with Gasteiger partial charge >= 0.3 is 6.18 Å². The van der Waals surface area contributed by atoms with E-state index in [1.807, 2.05) is 6.07 Å². The molecule has 1 N–H and O–H groups in total. The molecule has 0 aliphatic carbocycles. The molecule has 1 aliphatic heterocycles. The number of carbonyl (C=O) groups excluding carboxylic acids is 1. The normalized spacial score (nSPS) is 22.0. The Bertz CT molecular complexity index is 595. The van der Waals surface area contributed by atoms with Crippen LogP contribution in [0.15, 0.2) is 24.3 Å². The molecule has 118 valence electrons. The van der Waals surface area contributed by atoms with E-state index in [9.17, 15) is 18.0 Å². The number of halogens is 3. The molecular weight excluding hydrogens is 297 g/mol. The molecule has 3 atom stereocenters. The highest BCUT2D eigenvalue weighted by molar-refractivity contribution is 5.81. The first-order valence-corrected chi connectivity index (χ1v) is 6.88. The van der Waals surface area contributed by atoms with Crippen molar-refractivity contribution >= 4 is 5.91 Å². The summed E-state index contributed by atoms with van der Waals surface area (Å²) in [6, 6.07) is 7.37. The number of para-hydroxylation sites is 1. The molecule has 0 fully saturated rings. The Morgan fingerprint density at radius 1 is 1.50 bits per heavy atom. The summed E-state index contributed by atoms with van der Waals surface area (Å²) in [4.78, 5) is 12.2. The summed E-state index contributed by atoms with van der Waals surface area (Å²) in [5, 5.41) is 11.2. The second-order valence-corrected chi connectivity index (χ2v) is 5.10. The van der Waals surface area contributed by atoms with Crippen LogP contribution in [0.1, 0.15) is 18.9 Å². The number of fused-ring (bicyclic) bond motifs is 1. The fraction of sp³-hybridized carbons (Fsp3) is 0.467. The first-order chi connectivity index (χ1) is 10.4. The number of nitrogens with one attached hydrogen (secondary N) is 1. The highest BCUT2D eigenvalue weighted by Gasteiger charge is 2.51. The van der Waals surface area contributed by atoms with E-state index in [0.29, 0.717) is 12.0 Å². The van der Waals surface area contributed by atoms with E-state index in [1.165, 1.54) is 6.07 Å². The van der Waals surface area contributed by atoms with Gasteiger partial charge in [0.05, 0.1) is 12.0 Å².